The number of aryl methyl sites for hydroxylation is 1. The number of ether oxygens (including phenoxy) is 1. The first-order valence-corrected chi connectivity index (χ1v) is 7.33. The molecular weight excluding hydrogens is 323 g/mol. The van der Waals surface area contributed by atoms with Crippen molar-refractivity contribution in [2.45, 2.75) is 26.1 Å². The van der Waals surface area contributed by atoms with Crippen molar-refractivity contribution < 1.29 is 22.7 Å². The van der Waals surface area contributed by atoms with Crippen LogP contribution >= 0.6 is 0 Å². The fraction of sp³-hybridized carbons (Fsp3) is 0.312. The van der Waals surface area contributed by atoms with Crippen molar-refractivity contribution in [3.63, 3.8) is 0 Å². The van der Waals surface area contributed by atoms with Crippen molar-refractivity contribution in [1.82, 2.24) is 9.97 Å². The minimum absolute atomic E-state index is 0.000996. The third-order valence-corrected chi connectivity index (χ3v) is 3.40. The van der Waals surface area contributed by atoms with Gasteiger partial charge in [0.25, 0.3) is 0 Å². The molecule has 0 saturated heterocycles. The summed E-state index contributed by atoms with van der Waals surface area (Å²) in [6.07, 6.45) is -3.06. The van der Waals surface area contributed by atoms with E-state index in [1.165, 1.54) is 18.2 Å². The van der Waals surface area contributed by atoms with Gasteiger partial charge in [-0.1, -0.05) is 12.1 Å². The normalized spacial score (nSPS) is 14.3. The largest absolute Gasteiger partial charge is 0.573 e. The highest BCUT2D eigenvalue weighted by Gasteiger charge is 2.31. The van der Waals surface area contributed by atoms with Gasteiger partial charge in [0.15, 0.2) is 0 Å². The zero-order valence-electron chi connectivity index (χ0n) is 12.7. The van der Waals surface area contributed by atoms with Gasteiger partial charge in [-0.05, 0) is 38.0 Å². The van der Waals surface area contributed by atoms with Crippen molar-refractivity contribution in [3.05, 3.63) is 36.0 Å². The minimum atomic E-state index is -4.76. The van der Waals surface area contributed by atoms with Crippen LogP contribution < -0.4 is 10.1 Å². The van der Waals surface area contributed by atoms with Gasteiger partial charge in [0, 0.05) is 17.2 Å². The zero-order valence-corrected chi connectivity index (χ0v) is 12.7. The maximum Gasteiger partial charge on any atom is 0.573 e. The Morgan fingerprint density at radius 1 is 1.25 bits per heavy atom. The zero-order chi connectivity index (χ0) is 17.3. The number of hydrogen-bond acceptors (Lipinski definition) is 4. The van der Waals surface area contributed by atoms with Gasteiger partial charge in [0.05, 0.1) is 5.69 Å². The lowest BCUT2D eigenvalue weighted by atomic mass is 10.1. The summed E-state index contributed by atoms with van der Waals surface area (Å²) in [6, 6.07) is 7.12. The Hall–Kier alpha value is -2.64. The van der Waals surface area contributed by atoms with E-state index in [0.717, 1.165) is 12.8 Å². The molecule has 1 saturated carbocycles. The van der Waals surface area contributed by atoms with Crippen LogP contribution in [-0.4, -0.2) is 22.2 Å². The first-order chi connectivity index (χ1) is 11.3. The number of amides is 1. The molecule has 0 radical (unpaired) electrons. The molecule has 0 aliphatic heterocycles. The predicted octanol–water partition coefficient (Wildman–Crippen LogP) is 3.70. The number of benzene rings is 1. The highest BCUT2D eigenvalue weighted by Crippen LogP contribution is 2.30. The van der Waals surface area contributed by atoms with E-state index in [1.807, 2.05) is 0 Å². The van der Waals surface area contributed by atoms with Crippen LogP contribution in [0.15, 0.2) is 30.3 Å². The maximum absolute atomic E-state index is 12.3. The summed E-state index contributed by atoms with van der Waals surface area (Å²) < 4.78 is 40.9. The van der Waals surface area contributed by atoms with Crippen LogP contribution in [0.1, 0.15) is 18.5 Å². The summed E-state index contributed by atoms with van der Waals surface area (Å²) in [5, 5.41) is 2.64. The molecule has 8 heteroatoms. The molecule has 3 rings (SSSR count). The van der Waals surface area contributed by atoms with Gasteiger partial charge in [-0.25, -0.2) is 9.97 Å². The minimum Gasteiger partial charge on any atom is -0.406 e. The molecular formula is C16H14F3N3O2. The summed E-state index contributed by atoms with van der Waals surface area (Å²) in [7, 11) is 0. The topological polar surface area (TPSA) is 64.1 Å². The number of nitrogens with zero attached hydrogens (tertiary/aromatic N) is 2. The number of rotatable bonds is 4. The van der Waals surface area contributed by atoms with E-state index in [-0.39, 0.29) is 23.5 Å². The Morgan fingerprint density at radius 3 is 2.67 bits per heavy atom. The smallest absolute Gasteiger partial charge is 0.406 e. The summed E-state index contributed by atoms with van der Waals surface area (Å²) in [5.74, 6) is -0.328. The molecule has 24 heavy (non-hydrogen) atoms. The second-order valence-corrected chi connectivity index (χ2v) is 5.56. The van der Waals surface area contributed by atoms with E-state index in [4.69, 9.17) is 0 Å². The monoisotopic (exact) mass is 337 g/mol. The molecule has 1 aliphatic carbocycles. The molecule has 126 valence electrons. The van der Waals surface area contributed by atoms with Crippen molar-refractivity contribution in [1.29, 1.82) is 0 Å². The lowest BCUT2D eigenvalue weighted by Gasteiger charge is -2.11. The molecule has 0 atom stereocenters. The third kappa shape index (κ3) is 4.21. The predicted molar refractivity (Wildman–Crippen MR) is 80.2 cm³/mol. The van der Waals surface area contributed by atoms with Crippen LogP contribution in [0.5, 0.6) is 5.75 Å². The average molecular weight is 337 g/mol. The van der Waals surface area contributed by atoms with Gasteiger partial charge in [0.2, 0.25) is 11.9 Å². The number of hydrogen-bond donors (Lipinski definition) is 1. The molecule has 0 bridgehead atoms. The van der Waals surface area contributed by atoms with Crippen LogP contribution in [0.25, 0.3) is 11.3 Å². The van der Waals surface area contributed by atoms with Gasteiger partial charge in [-0.2, -0.15) is 0 Å². The van der Waals surface area contributed by atoms with Crippen LogP contribution in [0, 0.1) is 12.8 Å². The van der Waals surface area contributed by atoms with Crippen molar-refractivity contribution >= 4 is 11.9 Å². The van der Waals surface area contributed by atoms with Gasteiger partial charge in [0.1, 0.15) is 5.75 Å². The molecule has 1 aliphatic rings. The second kappa shape index (κ2) is 6.10. The molecule has 1 amide bonds. The van der Waals surface area contributed by atoms with Gasteiger partial charge in [-0.3, -0.25) is 10.1 Å². The number of carbonyl (C=O) groups is 1. The number of anilines is 1. The number of nitrogens with one attached hydrogen (secondary N) is 1. The van der Waals surface area contributed by atoms with Gasteiger partial charge in [-0.15, -0.1) is 13.2 Å². The summed E-state index contributed by atoms with van der Waals surface area (Å²) in [6.45, 7) is 1.72. The number of alkyl halides is 3. The first kappa shape index (κ1) is 16.2. The fourth-order valence-corrected chi connectivity index (χ4v) is 2.18. The number of aromatic nitrogens is 2. The number of carbonyl (C=O) groups excluding carboxylic acids is 1. The maximum atomic E-state index is 12.3. The second-order valence-electron chi connectivity index (χ2n) is 5.56. The van der Waals surface area contributed by atoms with Crippen molar-refractivity contribution in [2.75, 3.05) is 5.32 Å². The molecule has 5 nitrogen and oxygen atoms in total. The summed E-state index contributed by atoms with van der Waals surface area (Å²) >= 11 is 0. The Morgan fingerprint density at radius 2 is 2.00 bits per heavy atom. The molecule has 0 unspecified atom stereocenters. The van der Waals surface area contributed by atoms with Crippen LogP contribution in [0.2, 0.25) is 0 Å². The van der Waals surface area contributed by atoms with Crippen LogP contribution in [-0.2, 0) is 4.79 Å². The number of halogens is 3. The summed E-state index contributed by atoms with van der Waals surface area (Å²) in [5.41, 5.74) is 1.43. The molecule has 1 aromatic carbocycles. The lowest BCUT2D eigenvalue weighted by Crippen LogP contribution is -2.17. The molecule has 1 aromatic heterocycles. The Balaban J connectivity index is 1.87. The Bertz CT molecular complexity index is 773. The van der Waals surface area contributed by atoms with E-state index in [2.05, 4.69) is 20.0 Å². The molecule has 1 N–H and O–H groups in total. The van der Waals surface area contributed by atoms with E-state index in [9.17, 15) is 18.0 Å². The highest BCUT2D eigenvalue weighted by atomic mass is 19.4. The van der Waals surface area contributed by atoms with Crippen LogP contribution in [0.4, 0.5) is 19.1 Å². The summed E-state index contributed by atoms with van der Waals surface area (Å²) in [4.78, 5) is 20.2. The standard InChI is InChI=1S/C16H14F3N3O2/c1-9-7-13(21-15(20-9)22-14(23)10-5-6-10)11-3-2-4-12(8-11)24-16(17,18)19/h2-4,7-8,10H,5-6H2,1H3,(H,20,21,22,23). The molecule has 0 spiro atoms. The van der Waals surface area contributed by atoms with Gasteiger partial charge >= 0.3 is 6.36 Å². The molecule has 1 fully saturated rings. The lowest BCUT2D eigenvalue weighted by molar-refractivity contribution is -0.274. The Labute approximate surface area is 135 Å². The SMILES string of the molecule is Cc1cc(-c2cccc(OC(F)(F)F)c2)nc(NC(=O)C2CC2)n1. The first-order valence-electron chi connectivity index (χ1n) is 7.33. The van der Waals surface area contributed by atoms with Crippen LogP contribution in [0.3, 0.4) is 0 Å². The van der Waals surface area contributed by atoms with Gasteiger partial charge < -0.3 is 4.74 Å². The van der Waals surface area contributed by atoms with Crippen molar-refractivity contribution in [2.24, 2.45) is 5.92 Å². The quantitative estimate of drug-likeness (QED) is 0.924. The fourth-order valence-electron chi connectivity index (χ4n) is 2.18. The van der Waals surface area contributed by atoms with E-state index in [1.54, 1.807) is 19.1 Å². The molecule has 1 heterocycles. The van der Waals surface area contributed by atoms with E-state index in [0.29, 0.717) is 17.0 Å². The molecule has 2 aromatic rings. The third-order valence-electron chi connectivity index (χ3n) is 3.40. The van der Waals surface area contributed by atoms with E-state index < -0.39 is 6.36 Å². The highest BCUT2D eigenvalue weighted by molar-refractivity contribution is 5.92. The van der Waals surface area contributed by atoms with Crippen molar-refractivity contribution in [3.8, 4) is 17.0 Å². The average Bonchev–Trinajstić information content (AvgIpc) is 3.29. The van der Waals surface area contributed by atoms with E-state index >= 15 is 0 Å². The Kier molecular flexibility index (Phi) is 4.13.